The Kier molecular flexibility index (Phi) is 4.82. The highest BCUT2D eigenvalue weighted by Gasteiger charge is 2.52. The normalized spacial score (nSPS) is 26.6. The molecule has 120 valence electrons. The molecule has 1 spiro atoms. The zero-order chi connectivity index (χ0) is 15.7. The van der Waals surface area contributed by atoms with Gasteiger partial charge in [0.2, 0.25) is 11.8 Å². The second-order valence-corrected chi connectivity index (χ2v) is 6.33. The smallest absolute Gasteiger partial charge is 0.330 e. The summed E-state index contributed by atoms with van der Waals surface area (Å²) in [7, 11) is 0. The first-order chi connectivity index (χ1) is 9.78. The van der Waals surface area contributed by atoms with Crippen molar-refractivity contribution in [2.24, 2.45) is 5.41 Å². The zero-order valence-electron chi connectivity index (χ0n) is 11.1. The van der Waals surface area contributed by atoms with Crippen molar-refractivity contribution in [3.05, 3.63) is 0 Å². The minimum absolute atomic E-state index is 0.131. The van der Waals surface area contributed by atoms with E-state index in [1.807, 2.05) is 0 Å². The van der Waals surface area contributed by atoms with E-state index in [0.29, 0.717) is 12.2 Å². The molecule has 0 saturated carbocycles. The maximum atomic E-state index is 12.6. The van der Waals surface area contributed by atoms with Crippen LogP contribution in [0, 0.1) is 5.41 Å². The first-order valence-corrected chi connectivity index (χ1v) is 7.60. The molecule has 0 N–H and O–H groups in total. The van der Waals surface area contributed by atoms with Gasteiger partial charge in [-0.3, -0.25) is 14.5 Å². The van der Waals surface area contributed by atoms with Crippen molar-refractivity contribution in [3.8, 4) is 0 Å². The summed E-state index contributed by atoms with van der Waals surface area (Å²) in [5, 5.41) is 0. The van der Waals surface area contributed by atoms with E-state index in [0.717, 1.165) is 10.7 Å². The van der Waals surface area contributed by atoms with Gasteiger partial charge in [-0.25, -0.2) is 8.78 Å². The molecule has 0 aliphatic carbocycles. The third-order valence-corrected chi connectivity index (χ3v) is 4.92. The third kappa shape index (κ3) is 3.33. The van der Waals surface area contributed by atoms with Gasteiger partial charge in [-0.2, -0.15) is 20.5 Å². The number of rotatable bonds is 6. The predicted molar refractivity (Wildman–Crippen MR) is 67.5 cm³/mol. The van der Waals surface area contributed by atoms with Gasteiger partial charge in [-0.15, -0.1) is 0 Å². The van der Waals surface area contributed by atoms with Gasteiger partial charge in [0, 0.05) is 12.2 Å². The molecule has 1 atom stereocenters. The van der Waals surface area contributed by atoms with Crippen molar-refractivity contribution in [1.29, 1.82) is 0 Å². The highest BCUT2D eigenvalue weighted by molar-refractivity contribution is 7.99. The molecule has 2 fully saturated rings. The van der Waals surface area contributed by atoms with E-state index in [1.165, 1.54) is 0 Å². The lowest BCUT2D eigenvalue weighted by atomic mass is 9.86. The SMILES string of the molecule is O=C1CC2(CCSC2)C(=O)N1CCOCC(F)(F)C(F)F. The molecule has 2 rings (SSSR count). The van der Waals surface area contributed by atoms with Crippen LogP contribution in [0.5, 0.6) is 0 Å². The Hall–Kier alpha value is -0.830. The van der Waals surface area contributed by atoms with Gasteiger partial charge in [0.15, 0.2) is 0 Å². The van der Waals surface area contributed by atoms with Gasteiger partial charge in [0.25, 0.3) is 0 Å². The Labute approximate surface area is 123 Å². The Balaban J connectivity index is 1.81. The summed E-state index contributed by atoms with van der Waals surface area (Å²) in [4.78, 5) is 25.0. The molecule has 0 radical (unpaired) electrons. The monoisotopic (exact) mass is 329 g/mol. The maximum Gasteiger partial charge on any atom is 0.330 e. The van der Waals surface area contributed by atoms with Gasteiger partial charge in [-0.05, 0) is 12.2 Å². The summed E-state index contributed by atoms with van der Waals surface area (Å²) in [5.41, 5.74) is -0.658. The molecule has 2 amide bonds. The van der Waals surface area contributed by atoms with Crippen molar-refractivity contribution >= 4 is 23.6 Å². The molecular formula is C12H15F4NO3S. The number of alkyl halides is 4. The van der Waals surface area contributed by atoms with Gasteiger partial charge in [-0.1, -0.05) is 0 Å². The van der Waals surface area contributed by atoms with E-state index in [9.17, 15) is 27.2 Å². The van der Waals surface area contributed by atoms with E-state index >= 15 is 0 Å². The van der Waals surface area contributed by atoms with Crippen LogP contribution < -0.4 is 0 Å². The standard InChI is InChI=1S/C12H15F4NO3S/c13-9(14)12(15,16)6-20-3-2-17-8(18)5-11(10(17)19)1-4-21-7-11/h9H,1-7H2. The summed E-state index contributed by atoms with van der Waals surface area (Å²) >= 11 is 1.60. The Morgan fingerprint density at radius 2 is 2.10 bits per heavy atom. The fourth-order valence-electron chi connectivity index (χ4n) is 2.43. The maximum absolute atomic E-state index is 12.6. The number of thioether (sulfide) groups is 1. The second kappa shape index (κ2) is 6.12. The van der Waals surface area contributed by atoms with E-state index in [2.05, 4.69) is 4.74 Å². The minimum atomic E-state index is -4.22. The van der Waals surface area contributed by atoms with Crippen LogP contribution in [-0.2, 0) is 14.3 Å². The minimum Gasteiger partial charge on any atom is -0.373 e. The van der Waals surface area contributed by atoms with E-state index in [-0.39, 0.29) is 31.4 Å². The number of carbonyl (C=O) groups is 2. The van der Waals surface area contributed by atoms with Crippen LogP contribution in [-0.4, -0.2) is 60.3 Å². The van der Waals surface area contributed by atoms with Crippen LogP contribution >= 0.6 is 11.8 Å². The fraction of sp³-hybridized carbons (Fsp3) is 0.833. The number of likely N-dealkylation sites (tertiary alicyclic amines) is 1. The van der Waals surface area contributed by atoms with Crippen molar-refractivity contribution in [1.82, 2.24) is 4.90 Å². The molecule has 21 heavy (non-hydrogen) atoms. The van der Waals surface area contributed by atoms with Crippen LogP contribution in [0.4, 0.5) is 17.6 Å². The number of hydrogen-bond acceptors (Lipinski definition) is 4. The van der Waals surface area contributed by atoms with Crippen molar-refractivity contribution < 1.29 is 31.9 Å². The number of hydrogen-bond donors (Lipinski definition) is 0. The van der Waals surface area contributed by atoms with Crippen LogP contribution in [0.3, 0.4) is 0 Å². The van der Waals surface area contributed by atoms with Gasteiger partial charge in [0.05, 0.1) is 18.6 Å². The molecule has 0 bridgehead atoms. The van der Waals surface area contributed by atoms with Gasteiger partial charge >= 0.3 is 12.3 Å². The highest BCUT2D eigenvalue weighted by Crippen LogP contribution is 2.44. The Bertz CT molecular complexity index is 427. The summed E-state index contributed by atoms with van der Waals surface area (Å²) in [5.74, 6) is -3.49. The molecule has 0 aromatic rings. The summed E-state index contributed by atoms with van der Waals surface area (Å²) in [6.07, 6.45) is -3.04. The summed E-state index contributed by atoms with van der Waals surface area (Å²) in [6.45, 7) is -1.98. The average molecular weight is 329 g/mol. The molecule has 2 aliphatic heterocycles. The van der Waals surface area contributed by atoms with Crippen LogP contribution in [0.25, 0.3) is 0 Å². The van der Waals surface area contributed by atoms with E-state index in [4.69, 9.17) is 0 Å². The number of amides is 2. The Morgan fingerprint density at radius 1 is 1.38 bits per heavy atom. The average Bonchev–Trinajstić information content (AvgIpc) is 2.95. The number of imide groups is 1. The topological polar surface area (TPSA) is 46.6 Å². The molecule has 0 aromatic carbocycles. The van der Waals surface area contributed by atoms with E-state index in [1.54, 1.807) is 11.8 Å². The molecule has 9 heteroatoms. The van der Waals surface area contributed by atoms with Crippen LogP contribution in [0.2, 0.25) is 0 Å². The summed E-state index contributed by atoms with van der Waals surface area (Å²) < 4.78 is 53.5. The second-order valence-electron chi connectivity index (χ2n) is 5.22. The lowest BCUT2D eigenvalue weighted by Gasteiger charge is -2.21. The summed E-state index contributed by atoms with van der Waals surface area (Å²) in [6, 6.07) is 0. The third-order valence-electron chi connectivity index (χ3n) is 3.67. The lowest BCUT2D eigenvalue weighted by molar-refractivity contribution is -0.167. The first-order valence-electron chi connectivity index (χ1n) is 6.45. The molecule has 2 heterocycles. The molecule has 4 nitrogen and oxygen atoms in total. The number of ether oxygens (including phenoxy) is 1. The van der Waals surface area contributed by atoms with Crippen molar-refractivity contribution in [2.75, 3.05) is 31.3 Å². The number of carbonyl (C=O) groups excluding carboxylic acids is 2. The predicted octanol–water partition coefficient (Wildman–Crippen LogP) is 1.79. The molecule has 1 unspecified atom stereocenters. The molecule has 2 aliphatic rings. The molecule has 0 aromatic heterocycles. The molecule has 2 saturated heterocycles. The zero-order valence-corrected chi connectivity index (χ0v) is 11.9. The lowest BCUT2D eigenvalue weighted by Crippen LogP contribution is -2.39. The van der Waals surface area contributed by atoms with Gasteiger partial charge in [0.1, 0.15) is 6.61 Å². The van der Waals surface area contributed by atoms with Crippen molar-refractivity contribution in [2.45, 2.75) is 25.2 Å². The van der Waals surface area contributed by atoms with Crippen LogP contribution in [0.15, 0.2) is 0 Å². The quantitative estimate of drug-likeness (QED) is 0.423. The van der Waals surface area contributed by atoms with Crippen LogP contribution in [0.1, 0.15) is 12.8 Å². The van der Waals surface area contributed by atoms with Crippen molar-refractivity contribution in [3.63, 3.8) is 0 Å². The first kappa shape index (κ1) is 16.5. The number of halogens is 4. The fourth-order valence-corrected chi connectivity index (χ4v) is 3.87. The Morgan fingerprint density at radius 3 is 2.67 bits per heavy atom. The number of nitrogens with zero attached hydrogens (tertiary/aromatic N) is 1. The van der Waals surface area contributed by atoms with E-state index < -0.39 is 24.4 Å². The molecular weight excluding hydrogens is 314 g/mol. The highest BCUT2D eigenvalue weighted by atomic mass is 32.2. The largest absolute Gasteiger partial charge is 0.373 e. The van der Waals surface area contributed by atoms with Gasteiger partial charge < -0.3 is 4.74 Å².